The lowest BCUT2D eigenvalue weighted by molar-refractivity contribution is -0.118. The van der Waals surface area contributed by atoms with Crippen molar-refractivity contribution in [1.82, 2.24) is 4.90 Å². The Hall–Kier alpha value is -3.27. The molecule has 2 aromatic carbocycles. The van der Waals surface area contributed by atoms with E-state index in [1.165, 1.54) is 4.90 Å². The minimum Gasteiger partial charge on any atom is -0.488 e. The molecule has 29 heavy (non-hydrogen) atoms. The number of nitrogens with zero attached hydrogens (tertiary/aromatic N) is 2. The number of carbonyl (C=O) groups is 2. The van der Waals surface area contributed by atoms with E-state index in [0.29, 0.717) is 17.1 Å². The van der Waals surface area contributed by atoms with Crippen LogP contribution in [0.1, 0.15) is 5.56 Å². The van der Waals surface area contributed by atoms with Gasteiger partial charge in [-0.05, 0) is 23.8 Å². The number of hydrogen-bond acceptors (Lipinski definition) is 5. The summed E-state index contributed by atoms with van der Waals surface area (Å²) in [5, 5.41) is 0. The van der Waals surface area contributed by atoms with Gasteiger partial charge in [0, 0.05) is 0 Å². The second kappa shape index (κ2) is 6.66. The molecule has 3 amide bonds. The van der Waals surface area contributed by atoms with Crippen molar-refractivity contribution in [2.24, 2.45) is 5.73 Å². The number of nitrogens with two attached hydrogens (primary N) is 1. The van der Waals surface area contributed by atoms with E-state index >= 15 is 0 Å². The third-order valence-corrected chi connectivity index (χ3v) is 5.58. The lowest BCUT2D eigenvalue weighted by atomic mass is 9.88. The number of sulfonamides is 1. The molecule has 9 nitrogen and oxygen atoms in total. The van der Waals surface area contributed by atoms with E-state index in [1.54, 1.807) is 23.1 Å². The van der Waals surface area contributed by atoms with Crippen molar-refractivity contribution in [2.45, 2.75) is 5.54 Å². The van der Waals surface area contributed by atoms with Crippen LogP contribution >= 0.6 is 0 Å². The van der Waals surface area contributed by atoms with Crippen LogP contribution in [-0.4, -0.2) is 51.2 Å². The number of benzene rings is 2. The number of anilines is 2. The number of nitrogens with one attached hydrogen (secondary N) is 1. The molecule has 4 rings (SSSR count). The van der Waals surface area contributed by atoms with Crippen molar-refractivity contribution in [2.75, 3.05) is 35.6 Å². The molecule has 1 fully saturated rings. The second-order valence-electron chi connectivity index (χ2n) is 7.18. The molecule has 2 aliphatic rings. The SMILES string of the molecule is CS(=O)(=O)Nc1ccc2c(c1)N1C(=O)N(CC(N)=O)CC1(c1ccccc1)CO2. The average Bonchev–Trinajstić information content (AvgIpc) is 2.94. The molecule has 2 heterocycles. The highest BCUT2D eigenvalue weighted by atomic mass is 32.2. The van der Waals surface area contributed by atoms with Gasteiger partial charge in [-0.3, -0.25) is 14.4 Å². The highest BCUT2D eigenvalue weighted by molar-refractivity contribution is 7.92. The molecule has 0 aromatic heterocycles. The van der Waals surface area contributed by atoms with Crippen molar-refractivity contribution < 1.29 is 22.7 Å². The Balaban J connectivity index is 1.85. The molecule has 0 saturated carbocycles. The van der Waals surface area contributed by atoms with E-state index in [-0.39, 0.29) is 19.7 Å². The Bertz CT molecular complexity index is 1090. The lowest BCUT2D eigenvalue weighted by Gasteiger charge is -2.41. The molecule has 1 atom stereocenters. The number of carbonyl (C=O) groups excluding carboxylic acids is 2. The van der Waals surface area contributed by atoms with Gasteiger partial charge in [0.15, 0.2) is 0 Å². The quantitative estimate of drug-likeness (QED) is 0.755. The number of hydrogen-bond donors (Lipinski definition) is 2. The zero-order valence-corrected chi connectivity index (χ0v) is 16.5. The molecular weight excluding hydrogens is 396 g/mol. The van der Waals surface area contributed by atoms with Gasteiger partial charge in [-0.15, -0.1) is 0 Å². The maximum absolute atomic E-state index is 13.3. The fraction of sp³-hybridized carbons (Fsp3) is 0.263. The van der Waals surface area contributed by atoms with Gasteiger partial charge in [-0.1, -0.05) is 30.3 Å². The van der Waals surface area contributed by atoms with Crippen LogP contribution in [0.5, 0.6) is 5.75 Å². The summed E-state index contributed by atoms with van der Waals surface area (Å²) in [6.07, 6.45) is 1.05. The van der Waals surface area contributed by atoms with E-state index in [2.05, 4.69) is 4.72 Å². The Morgan fingerprint density at radius 1 is 1.24 bits per heavy atom. The summed E-state index contributed by atoms with van der Waals surface area (Å²) in [5.74, 6) is -0.167. The molecule has 10 heteroatoms. The van der Waals surface area contributed by atoms with Crippen LogP contribution in [0.25, 0.3) is 0 Å². The predicted molar refractivity (Wildman–Crippen MR) is 107 cm³/mol. The average molecular weight is 416 g/mol. The van der Waals surface area contributed by atoms with Crippen molar-refractivity contribution in [3.63, 3.8) is 0 Å². The summed E-state index contributed by atoms with van der Waals surface area (Å²) >= 11 is 0. The molecule has 2 aliphatic heterocycles. The molecule has 0 aliphatic carbocycles. The first-order valence-corrected chi connectivity index (χ1v) is 10.8. The molecule has 152 valence electrons. The number of rotatable bonds is 5. The van der Waals surface area contributed by atoms with Crippen LogP contribution < -0.4 is 20.1 Å². The topological polar surface area (TPSA) is 122 Å². The zero-order chi connectivity index (χ0) is 20.8. The third-order valence-electron chi connectivity index (χ3n) is 4.97. The fourth-order valence-electron chi connectivity index (χ4n) is 3.88. The molecule has 3 N–H and O–H groups in total. The van der Waals surface area contributed by atoms with Crippen LogP contribution in [0.3, 0.4) is 0 Å². The molecule has 0 radical (unpaired) electrons. The smallest absolute Gasteiger partial charge is 0.326 e. The first-order valence-electron chi connectivity index (χ1n) is 8.87. The molecule has 2 aromatic rings. The summed E-state index contributed by atoms with van der Waals surface area (Å²) in [5.41, 5.74) is 6.03. The zero-order valence-electron chi connectivity index (χ0n) is 15.7. The summed E-state index contributed by atoms with van der Waals surface area (Å²) in [4.78, 5) is 27.7. The Morgan fingerprint density at radius 3 is 2.62 bits per heavy atom. The number of amides is 3. The molecule has 0 spiro atoms. The molecule has 0 bridgehead atoms. The standard InChI is InChI=1S/C19H20N4O5S/c1-29(26,27)21-14-7-8-16-15(9-14)23-18(25)22(10-17(20)24)11-19(23,12-28-16)13-5-3-2-4-6-13/h2-9,21H,10-12H2,1H3,(H2,20,24). The van der Waals surface area contributed by atoms with Gasteiger partial charge in [0.25, 0.3) is 0 Å². The molecular formula is C19H20N4O5S. The fourth-order valence-corrected chi connectivity index (χ4v) is 4.43. The minimum atomic E-state index is -3.50. The largest absolute Gasteiger partial charge is 0.488 e. The van der Waals surface area contributed by atoms with Gasteiger partial charge in [-0.2, -0.15) is 0 Å². The highest BCUT2D eigenvalue weighted by Crippen LogP contribution is 2.48. The van der Waals surface area contributed by atoms with Gasteiger partial charge in [0.05, 0.1) is 24.2 Å². The first-order chi connectivity index (χ1) is 13.7. The van der Waals surface area contributed by atoms with Gasteiger partial charge in [-0.25, -0.2) is 13.2 Å². The maximum atomic E-state index is 13.3. The van der Waals surface area contributed by atoms with Crippen molar-refractivity contribution in [1.29, 1.82) is 0 Å². The third kappa shape index (κ3) is 3.35. The van der Waals surface area contributed by atoms with Crippen molar-refractivity contribution in [3.05, 3.63) is 54.1 Å². The van der Waals surface area contributed by atoms with Crippen LogP contribution in [0.2, 0.25) is 0 Å². The number of primary amides is 1. The van der Waals surface area contributed by atoms with E-state index in [4.69, 9.17) is 10.5 Å². The van der Waals surface area contributed by atoms with E-state index in [9.17, 15) is 18.0 Å². The summed E-state index contributed by atoms with van der Waals surface area (Å²) in [6.45, 7) is 0.173. The van der Waals surface area contributed by atoms with E-state index in [0.717, 1.165) is 11.8 Å². The Kier molecular flexibility index (Phi) is 4.38. The van der Waals surface area contributed by atoms with E-state index < -0.39 is 27.5 Å². The number of ether oxygens (including phenoxy) is 1. The molecule has 1 unspecified atom stereocenters. The van der Waals surface area contributed by atoms with Crippen LogP contribution in [0.4, 0.5) is 16.2 Å². The van der Waals surface area contributed by atoms with Crippen molar-refractivity contribution >= 4 is 33.3 Å². The number of urea groups is 1. The van der Waals surface area contributed by atoms with Crippen LogP contribution in [0, 0.1) is 0 Å². The van der Waals surface area contributed by atoms with Gasteiger partial charge in [0.2, 0.25) is 15.9 Å². The van der Waals surface area contributed by atoms with Crippen molar-refractivity contribution in [3.8, 4) is 5.75 Å². The van der Waals surface area contributed by atoms with Gasteiger partial charge in [0.1, 0.15) is 24.4 Å². The monoisotopic (exact) mass is 416 g/mol. The normalized spacial score (nSPS) is 20.7. The lowest BCUT2D eigenvalue weighted by Crippen LogP contribution is -2.52. The van der Waals surface area contributed by atoms with Gasteiger partial charge >= 0.3 is 6.03 Å². The van der Waals surface area contributed by atoms with Crippen LogP contribution in [0.15, 0.2) is 48.5 Å². The summed E-state index contributed by atoms with van der Waals surface area (Å²) in [7, 11) is -3.50. The summed E-state index contributed by atoms with van der Waals surface area (Å²) in [6, 6.07) is 13.7. The van der Waals surface area contributed by atoms with Crippen LogP contribution in [-0.2, 0) is 20.4 Å². The maximum Gasteiger partial charge on any atom is 0.326 e. The Labute approximate surface area is 168 Å². The molecule has 1 saturated heterocycles. The predicted octanol–water partition coefficient (Wildman–Crippen LogP) is 1.07. The first kappa shape index (κ1) is 19.1. The van der Waals surface area contributed by atoms with E-state index in [1.807, 2.05) is 30.3 Å². The summed E-state index contributed by atoms with van der Waals surface area (Å²) < 4.78 is 31.7. The van der Waals surface area contributed by atoms with Gasteiger partial charge < -0.3 is 15.4 Å². The second-order valence-corrected chi connectivity index (χ2v) is 8.93. The highest BCUT2D eigenvalue weighted by Gasteiger charge is 2.55. The minimum absolute atomic E-state index is 0.184. The Morgan fingerprint density at radius 2 is 1.97 bits per heavy atom. The number of fused-ring (bicyclic) bond motifs is 3.